The number of rotatable bonds is 10. The lowest BCUT2D eigenvalue weighted by atomic mass is 10.2. The Kier molecular flexibility index (Phi) is 8.32. The number of anilines is 1. The van der Waals surface area contributed by atoms with Gasteiger partial charge in [0, 0.05) is 12.0 Å². The maximum atomic E-state index is 12.7. The van der Waals surface area contributed by atoms with Crippen molar-refractivity contribution in [3.63, 3.8) is 0 Å². The first-order chi connectivity index (χ1) is 18.8. The van der Waals surface area contributed by atoms with Crippen molar-refractivity contribution in [3.8, 4) is 11.3 Å². The SMILES string of the molecule is O=C(CCCC[P+](c1ccccc1)(c1ccccc1)c1ccccc1)Nc1cnc(-c2ccccc2)cn1. The molecule has 0 aliphatic rings. The van der Waals surface area contributed by atoms with Crippen LogP contribution in [0, 0.1) is 0 Å². The van der Waals surface area contributed by atoms with Crippen molar-refractivity contribution in [2.45, 2.75) is 19.3 Å². The molecule has 5 aromatic rings. The van der Waals surface area contributed by atoms with Gasteiger partial charge < -0.3 is 5.32 Å². The summed E-state index contributed by atoms with van der Waals surface area (Å²) in [5, 5.41) is 7.02. The minimum Gasteiger partial charge on any atom is -0.309 e. The highest BCUT2D eigenvalue weighted by atomic mass is 31.2. The van der Waals surface area contributed by atoms with E-state index >= 15 is 0 Å². The second kappa shape index (κ2) is 12.4. The summed E-state index contributed by atoms with van der Waals surface area (Å²) in [5.74, 6) is 0.448. The topological polar surface area (TPSA) is 54.9 Å². The summed E-state index contributed by atoms with van der Waals surface area (Å²) in [6.45, 7) is 0. The minimum atomic E-state index is -1.87. The van der Waals surface area contributed by atoms with Crippen LogP contribution in [-0.2, 0) is 4.79 Å². The van der Waals surface area contributed by atoms with E-state index in [1.807, 2.05) is 30.3 Å². The Balaban J connectivity index is 1.28. The fraction of sp³-hybridized carbons (Fsp3) is 0.121. The van der Waals surface area contributed by atoms with Gasteiger partial charge in [-0.3, -0.25) is 9.78 Å². The molecule has 0 aliphatic carbocycles. The van der Waals surface area contributed by atoms with E-state index < -0.39 is 7.26 Å². The maximum absolute atomic E-state index is 12.7. The molecule has 4 nitrogen and oxygen atoms in total. The zero-order chi connectivity index (χ0) is 26.0. The normalized spacial score (nSPS) is 11.2. The third-order valence-corrected chi connectivity index (χ3v) is 11.3. The first kappa shape index (κ1) is 25.5. The van der Waals surface area contributed by atoms with Crippen molar-refractivity contribution < 1.29 is 4.79 Å². The Morgan fingerprint density at radius 1 is 0.605 bits per heavy atom. The molecule has 0 radical (unpaired) electrons. The fourth-order valence-corrected chi connectivity index (χ4v) is 9.28. The lowest BCUT2D eigenvalue weighted by Gasteiger charge is -2.27. The Hall–Kier alpha value is -4.14. The predicted octanol–water partition coefficient (Wildman–Crippen LogP) is 6.25. The van der Waals surface area contributed by atoms with Crippen molar-refractivity contribution in [3.05, 3.63) is 134 Å². The van der Waals surface area contributed by atoms with Crippen LogP contribution in [0.15, 0.2) is 134 Å². The number of benzene rings is 4. The molecule has 1 aromatic heterocycles. The molecular weight excluding hydrogens is 485 g/mol. The summed E-state index contributed by atoms with van der Waals surface area (Å²) in [4.78, 5) is 21.6. The van der Waals surface area contributed by atoms with Crippen LogP contribution in [0.2, 0.25) is 0 Å². The predicted molar refractivity (Wildman–Crippen MR) is 160 cm³/mol. The quantitative estimate of drug-likeness (QED) is 0.176. The second-order valence-electron chi connectivity index (χ2n) is 9.20. The molecule has 0 bridgehead atoms. The Labute approximate surface area is 225 Å². The van der Waals surface area contributed by atoms with E-state index in [9.17, 15) is 4.79 Å². The third kappa shape index (κ3) is 5.88. The molecule has 5 heteroatoms. The highest BCUT2D eigenvalue weighted by Gasteiger charge is 2.44. The zero-order valence-electron chi connectivity index (χ0n) is 21.3. The third-order valence-electron chi connectivity index (χ3n) is 6.73. The average Bonchev–Trinajstić information content (AvgIpc) is 2.99. The summed E-state index contributed by atoms with van der Waals surface area (Å²) < 4.78 is 0. The van der Waals surface area contributed by atoms with E-state index in [4.69, 9.17) is 0 Å². The van der Waals surface area contributed by atoms with Crippen LogP contribution in [-0.4, -0.2) is 22.0 Å². The van der Waals surface area contributed by atoms with Gasteiger partial charge in [0.1, 0.15) is 23.2 Å². The van der Waals surface area contributed by atoms with Crippen molar-refractivity contribution in [1.82, 2.24) is 9.97 Å². The number of carbonyl (C=O) groups excluding carboxylic acids is 1. The van der Waals surface area contributed by atoms with E-state index in [1.165, 1.54) is 15.9 Å². The molecule has 38 heavy (non-hydrogen) atoms. The molecule has 1 N–H and O–H groups in total. The van der Waals surface area contributed by atoms with Crippen molar-refractivity contribution in [1.29, 1.82) is 0 Å². The number of unbranched alkanes of at least 4 members (excludes halogenated alkanes) is 1. The summed E-state index contributed by atoms with van der Waals surface area (Å²) in [6.07, 6.45) is 6.51. The van der Waals surface area contributed by atoms with Gasteiger partial charge >= 0.3 is 0 Å². The van der Waals surface area contributed by atoms with Crippen LogP contribution in [0.4, 0.5) is 5.82 Å². The van der Waals surface area contributed by atoms with Gasteiger partial charge in [-0.05, 0) is 49.2 Å². The van der Waals surface area contributed by atoms with Crippen LogP contribution >= 0.6 is 7.26 Å². The van der Waals surface area contributed by atoms with Gasteiger partial charge in [0.15, 0.2) is 5.82 Å². The average molecular weight is 517 g/mol. The number of amides is 1. The van der Waals surface area contributed by atoms with Gasteiger partial charge in [-0.2, -0.15) is 0 Å². The largest absolute Gasteiger partial charge is 0.309 e. The highest BCUT2D eigenvalue weighted by molar-refractivity contribution is 7.95. The monoisotopic (exact) mass is 516 g/mol. The number of nitrogens with one attached hydrogen (secondary N) is 1. The Morgan fingerprint density at radius 2 is 1.11 bits per heavy atom. The molecule has 0 spiro atoms. The minimum absolute atomic E-state index is 0.0326. The van der Waals surface area contributed by atoms with Gasteiger partial charge in [-0.25, -0.2) is 4.98 Å². The fourth-order valence-electron chi connectivity index (χ4n) is 4.87. The summed E-state index contributed by atoms with van der Waals surface area (Å²) in [7, 11) is -1.87. The Morgan fingerprint density at radius 3 is 1.58 bits per heavy atom. The first-order valence-electron chi connectivity index (χ1n) is 13.0. The molecule has 0 fully saturated rings. The van der Waals surface area contributed by atoms with Crippen molar-refractivity contribution >= 4 is 34.9 Å². The number of hydrogen-bond donors (Lipinski definition) is 1. The molecule has 188 valence electrons. The Bertz CT molecular complexity index is 1330. The van der Waals surface area contributed by atoms with Crippen LogP contribution in [0.1, 0.15) is 19.3 Å². The van der Waals surface area contributed by atoms with Crippen LogP contribution in [0.3, 0.4) is 0 Å². The first-order valence-corrected chi connectivity index (χ1v) is 15.0. The van der Waals surface area contributed by atoms with Gasteiger partial charge in [0.05, 0.1) is 24.2 Å². The van der Waals surface area contributed by atoms with Crippen LogP contribution < -0.4 is 21.2 Å². The molecular formula is C33H31N3OP+. The van der Waals surface area contributed by atoms with E-state index in [0.717, 1.165) is 30.3 Å². The summed E-state index contributed by atoms with van der Waals surface area (Å²) in [6, 6.07) is 42.5. The van der Waals surface area contributed by atoms with E-state index in [2.05, 4.69) is 106 Å². The molecule has 0 aliphatic heterocycles. The number of aromatic nitrogens is 2. The molecule has 0 saturated carbocycles. The lowest BCUT2D eigenvalue weighted by molar-refractivity contribution is -0.116. The van der Waals surface area contributed by atoms with Gasteiger partial charge in [-0.1, -0.05) is 84.9 Å². The maximum Gasteiger partial charge on any atom is 0.225 e. The van der Waals surface area contributed by atoms with Crippen LogP contribution in [0.25, 0.3) is 11.3 Å². The smallest absolute Gasteiger partial charge is 0.225 e. The number of nitrogens with zero attached hydrogens (tertiary/aromatic N) is 2. The molecule has 1 amide bonds. The highest BCUT2D eigenvalue weighted by Crippen LogP contribution is 2.55. The molecule has 0 saturated heterocycles. The van der Waals surface area contributed by atoms with E-state index in [0.29, 0.717) is 12.2 Å². The molecule has 0 atom stereocenters. The lowest BCUT2D eigenvalue weighted by Crippen LogP contribution is -2.33. The van der Waals surface area contributed by atoms with E-state index in [1.54, 1.807) is 12.4 Å². The second-order valence-corrected chi connectivity index (χ2v) is 12.8. The number of hydrogen-bond acceptors (Lipinski definition) is 3. The number of carbonyl (C=O) groups is 1. The van der Waals surface area contributed by atoms with Gasteiger partial charge in [0.2, 0.25) is 5.91 Å². The molecule has 4 aromatic carbocycles. The van der Waals surface area contributed by atoms with E-state index in [-0.39, 0.29) is 5.91 Å². The molecule has 0 unspecified atom stereocenters. The zero-order valence-corrected chi connectivity index (χ0v) is 22.2. The van der Waals surface area contributed by atoms with Crippen LogP contribution in [0.5, 0.6) is 0 Å². The van der Waals surface area contributed by atoms with Gasteiger partial charge in [-0.15, -0.1) is 0 Å². The van der Waals surface area contributed by atoms with Crippen molar-refractivity contribution in [2.24, 2.45) is 0 Å². The summed E-state index contributed by atoms with van der Waals surface area (Å²) in [5.41, 5.74) is 1.78. The summed E-state index contributed by atoms with van der Waals surface area (Å²) >= 11 is 0. The van der Waals surface area contributed by atoms with Crippen molar-refractivity contribution in [2.75, 3.05) is 11.5 Å². The molecule has 1 heterocycles. The molecule has 5 rings (SSSR count). The van der Waals surface area contributed by atoms with Gasteiger partial charge in [0.25, 0.3) is 0 Å². The standard InChI is InChI=1S/C33H30N3OP/c37-33(36-32-26-34-31(25-35-32)27-15-5-1-6-16-27)23-13-14-24-38(28-17-7-2-8-18-28,29-19-9-3-10-20-29)30-21-11-4-12-22-30/h1-12,15-22,25-26H,13-14,23-24H2/p+1.